The SMILES string of the molecule is COc1cc(/C=C2\C(=O)NC(=O)N(c3ccccc3)C2=O)cc(Br)c1OCc1ccccc1F. The molecule has 3 aromatic rings. The summed E-state index contributed by atoms with van der Waals surface area (Å²) in [4.78, 5) is 38.7. The van der Waals surface area contributed by atoms with Crippen molar-refractivity contribution in [2.75, 3.05) is 12.0 Å². The molecule has 1 aliphatic rings. The Morgan fingerprint density at radius 1 is 1.03 bits per heavy atom. The number of carbonyl (C=O) groups is 3. The van der Waals surface area contributed by atoms with E-state index < -0.39 is 23.7 Å². The van der Waals surface area contributed by atoms with Gasteiger partial charge in [-0.25, -0.2) is 14.1 Å². The summed E-state index contributed by atoms with van der Waals surface area (Å²) >= 11 is 3.41. The van der Waals surface area contributed by atoms with Gasteiger partial charge in [0.05, 0.1) is 17.3 Å². The van der Waals surface area contributed by atoms with E-state index in [1.54, 1.807) is 60.7 Å². The maximum atomic E-state index is 13.9. The van der Waals surface area contributed by atoms with Crippen LogP contribution in [-0.2, 0) is 16.2 Å². The molecule has 0 spiro atoms. The normalized spacial score (nSPS) is 14.9. The number of nitrogens with zero attached hydrogens (tertiary/aromatic N) is 1. The molecule has 0 unspecified atom stereocenters. The van der Waals surface area contributed by atoms with Gasteiger partial charge in [0.1, 0.15) is 18.0 Å². The zero-order chi connectivity index (χ0) is 24.2. The molecule has 0 atom stereocenters. The summed E-state index contributed by atoms with van der Waals surface area (Å²) in [5.41, 5.74) is 0.928. The van der Waals surface area contributed by atoms with Crippen LogP contribution in [0.3, 0.4) is 0 Å². The topological polar surface area (TPSA) is 84.9 Å². The maximum Gasteiger partial charge on any atom is 0.335 e. The number of amides is 4. The smallest absolute Gasteiger partial charge is 0.335 e. The number of urea groups is 1. The number of imide groups is 2. The number of hydrogen-bond donors (Lipinski definition) is 1. The van der Waals surface area contributed by atoms with Gasteiger partial charge in [-0.3, -0.25) is 14.9 Å². The monoisotopic (exact) mass is 524 g/mol. The predicted octanol–water partition coefficient (Wildman–Crippen LogP) is 4.84. The van der Waals surface area contributed by atoms with Crippen LogP contribution >= 0.6 is 15.9 Å². The molecule has 0 bridgehead atoms. The Morgan fingerprint density at radius 3 is 2.44 bits per heavy atom. The lowest BCUT2D eigenvalue weighted by Gasteiger charge is -2.26. The molecule has 1 fully saturated rings. The van der Waals surface area contributed by atoms with Crippen LogP contribution in [0, 0.1) is 5.82 Å². The minimum atomic E-state index is -0.825. The van der Waals surface area contributed by atoms with E-state index in [0.29, 0.717) is 32.8 Å². The summed E-state index contributed by atoms with van der Waals surface area (Å²) in [5.74, 6) is -1.32. The molecule has 0 radical (unpaired) electrons. The first-order valence-electron chi connectivity index (χ1n) is 10.1. The Morgan fingerprint density at radius 2 is 1.74 bits per heavy atom. The summed E-state index contributed by atoms with van der Waals surface area (Å²) in [6.07, 6.45) is 1.36. The second-order valence-electron chi connectivity index (χ2n) is 7.21. The number of barbiturate groups is 1. The number of para-hydroxylation sites is 1. The molecule has 0 aromatic heterocycles. The van der Waals surface area contributed by atoms with Gasteiger partial charge in [-0.05, 0) is 57.9 Å². The van der Waals surface area contributed by atoms with Gasteiger partial charge < -0.3 is 9.47 Å². The van der Waals surface area contributed by atoms with Crippen LogP contribution in [0.2, 0.25) is 0 Å². The Labute approximate surface area is 202 Å². The molecule has 4 amide bonds. The summed E-state index contributed by atoms with van der Waals surface area (Å²) in [6.45, 7) is -0.0306. The highest BCUT2D eigenvalue weighted by Crippen LogP contribution is 2.38. The fraction of sp³-hybridized carbons (Fsp3) is 0.0800. The van der Waals surface area contributed by atoms with E-state index in [1.807, 2.05) is 0 Å². The van der Waals surface area contributed by atoms with Gasteiger partial charge in [0.2, 0.25) is 0 Å². The Hall–Kier alpha value is -3.98. The third kappa shape index (κ3) is 4.69. The number of methoxy groups -OCH3 is 1. The van der Waals surface area contributed by atoms with Crippen LogP contribution in [0.5, 0.6) is 11.5 Å². The number of halogens is 2. The van der Waals surface area contributed by atoms with Gasteiger partial charge in [-0.2, -0.15) is 0 Å². The molecule has 3 aromatic carbocycles. The molecular weight excluding hydrogens is 507 g/mol. The highest BCUT2D eigenvalue weighted by molar-refractivity contribution is 9.10. The first-order valence-corrected chi connectivity index (χ1v) is 10.9. The Bertz CT molecular complexity index is 1310. The highest BCUT2D eigenvalue weighted by atomic mass is 79.9. The van der Waals surface area contributed by atoms with E-state index in [9.17, 15) is 18.8 Å². The second-order valence-corrected chi connectivity index (χ2v) is 8.06. The average molecular weight is 525 g/mol. The van der Waals surface area contributed by atoms with Gasteiger partial charge in [0.15, 0.2) is 11.5 Å². The molecule has 7 nitrogen and oxygen atoms in total. The van der Waals surface area contributed by atoms with Crippen LogP contribution in [0.25, 0.3) is 6.08 Å². The van der Waals surface area contributed by atoms with Gasteiger partial charge in [0.25, 0.3) is 11.8 Å². The molecule has 172 valence electrons. The van der Waals surface area contributed by atoms with Crippen LogP contribution in [-0.4, -0.2) is 25.0 Å². The number of ether oxygens (including phenoxy) is 2. The minimum Gasteiger partial charge on any atom is -0.493 e. The molecule has 34 heavy (non-hydrogen) atoms. The van der Waals surface area contributed by atoms with Gasteiger partial charge in [0, 0.05) is 5.56 Å². The third-order valence-corrected chi connectivity index (χ3v) is 5.60. The van der Waals surface area contributed by atoms with Gasteiger partial charge in [-0.15, -0.1) is 0 Å². The standard InChI is InChI=1S/C25H18BrFN2O5/c1-33-21-13-15(12-19(26)22(21)34-14-16-7-5-6-10-20(16)27)11-18-23(30)28-25(32)29(24(18)31)17-8-3-2-4-9-17/h2-13H,14H2,1H3,(H,28,30,32)/b18-11+. The van der Waals surface area contributed by atoms with Crippen molar-refractivity contribution in [1.82, 2.24) is 5.32 Å². The minimum absolute atomic E-state index is 0.0306. The average Bonchev–Trinajstić information content (AvgIpc) is 2.82. The first kappa shape index (κ1) is 23.2. The maximum absolute atomic E-state index is 13.9. The van der Waals surface area contributed by atoms with Crippen LogP contribution in [0.15, 0.2) is 76.8 Å². The molecule has 1 heterocycles. The molecule has 4 rings (SSSR count). The van der Waals surface area contributed by atoms with Crippen LogP contribution < -0.4 is 19.7 Å². The molecule has 0 saturated carbocycles. The predicted molar refractivity (Wildman–Crippen MR) is 127 cm³/mol. The zero-order valence-corrected chi connectivity index (χ0v) is 19.5. The lowest BCUT2D eigenvalue weighted by atomic mass is 10.1. The fourth-order valence-corrected chi connectivity index (χ4v) is 3.94. The number of hydrogen-bond acceptors (Lipinski definition) is 5. The summed E-state index contributed by atoms with van der Waals surface area (Å²) in [5, 5.41) is 2.18. The molecule has 1 N–H and O–H groups in total. The van der Waals surface area contributed by atoms with E-state index in [0.717, 1.165) is 4.90 Å². The summed E-state index contributed by atoms with van der Waals surface area (Å²) in [7, 11) is 1.43. The number of rotatable bonds is 6. The van der Waals surface area contributed by atoms with E-state index in [2.05, 4.69) is 21.2 Å². The van der Waals surface area contributed by atoms with Crippen molar-refractivity contribution < 1.29 is 28.2 Å². The zero-order valence-electron chi connectivity index (χ0n) is 17.9. The highest BCUT2D eigenvalue weighted by Gasteiger charge is 2.36. The Balaban J connectivity index is 1.65. The molecule has 0 aliphatic carbocycles. The van der Waals surface area contributed by atoms with Gasteiger partial charge in [-0.1, -0.05) is 36.4 Å². The van der Waals surface area contributed by atoms with Crippen molar-refractivity contribution in [1.29, 1.82) is 0 Å². The van der Waals surface area contributed by atoms with E-state index in [-0.39, 0.29) is 12.2 Å². The summed E-state index contributed by atoms with van der Waals surface area (Å²) < 4.78 is 25.6. The van der Waals surface area contributed by atoms with Crippen molar-refractivity contribution >= 4 is 45.5 Å². The Kier molecular flexibility index (Phi) is 6.74. The van der Waals surface area contributed by atoms with E-state index in [4.69, 9.17) is 9.47 Å². The first-order chi connectivity index (χ1) is 16.4. The molecular formula is C25H18BrFN2O5. The van der Waals surface area contributed by atoms with Crippen LogP contribution in [0.4, 0.5) is 14.9 Å². The summed E-state index contributed by atoms with van der Waals surface area (Å²) in [6, 6.07) is 16.9. The van der Waals surface area contributed by atoms with E-state index >= 15 is 0 Å². The van der Waals surface area contributed by atoms with E-state index in [1.165, 1.54) is 19.3 Å². The third-order valence-electron chi connectivity index (χ3n) is 5.01. The fourth-order valence-electron chi connectivity index (χ4n) is 3.36. The van der Waals surface area contributed by atoms with Crippen molar-refractivity contribution in [3.63, 3.8) is 0 Å². The quantitative estimate of drug-likeness (QED) is 0.368. The van der Waals surface area contributed by atoms with Crippen molar-refractivity contribution in [3.8, 4) is 11.5 Å². The molecule has 1 saturated heterocycles. The second kappa shape index (κ2) is 9.88. The lowest BCUT2D eigenvalue weighted by Crippen LogP contribution is -2.54. The molecule has 9 heteroatoms. The van der Waals surface area contributed by atoms with Crippen molar-refractivity contribution in [2.45, 2.75) is 6.61 Å². The lowest BCUT2D eigenvalue weighted by molar-refractivity contribution is -0.122. The van der Waals surface area contributed by atoms with Gasteiger partial charge >= 0.3 is 6.03 Å². The molecule has 1 aliphatic heterocycles. The number of carbonyl (C=O) groups excluding carboxylic acids is 3. The number of anilines is 1. The number of benzene rings is 3. The largest absolute Gasteiger partial charge is 0.493 e. The van der Waals surface area contributed by atoms with Crippen molar-refractivity contribution in [3.05, 3.63) is 93.7 Å². The number of nitrogens with one attached hydrogen (secondary N) is 1. The van der Waals surface area contributed by atoms with Crippen molar-refractivity contribution in [2.24, 2.45) is 0 Å². The van der Waals surface area contributed by atoms with Crippen LogP contribution in [0.1, 0.15) is 11.1 Å².